The first-order valence-corrected chi connectivity index (χ1v) is 9.03. The summed E-state index contributed by atoms with van der Waals surface area (Å²) in [6, 6.07) is 10.9. The Labute approximate surface area is 168 Å². The van der Waals surface area contributed by atoms with Crippen molar-refractivity contribution in [3.63, 3.8) is 0 Å². The lowest BCUT2D eigenvalue weighted by atomic mass is 10.2. The minimum absolute atomic E-state index is 0.0211. The topological polar surface area (TPSA) is 103 Å². The second kappa shape index (κ2) is 10.2. The Morgan fingerprint density at radius 2 is 1.96 bits per heavy atom. The summed E-state index contributed by atoms with van der Waals surface area (Å²) in [6.07, 6.45) is 1.86. The molecule has 0 bridgehead atoms. The maximum absolute atomic E-state index is 12.6. The van der Waals surface area contributed by atoms with E-state index in [1.54, 1.807) is 24.3 Å². The van der Waals surface area contributed by atoms with Gasteiger partial charge in [0.15, 0.2) is 5.11 Å². The van der Waals surface area contributed by atoms with Crippen molar-refractivity contribution in [1.82, 2.24) is 5.32 Å². The normalized spacial score (nSPS) is 10.1. The van der Waals surface area contributed by atoms with Gasteiger partial charge in [-0.05, 0) is 36.8 Å². The number of unbranched alkanes of at least 4 members (excludes halogenated alkanes) is 1. The molecule has 28 heavy (non-hydrogen) atoms. The lowest BCUT2D eigenvalue weighted by Gasteiger charge is -2.14. The summed E-state index contributed by atoms with van der Waals surface area (Å²) < 4.78 is 10.8. The number of hydrogen-bond acceptors (Lipinski definition) is 6. The number of nitro groups is 1. The molecule has 0 unspecified atom stereocenters. The van der Waals surface area contributed by atoms with Crippen LogP contribution < -0.4 is 20.1 Å². The van der Waals surface area contributed by atoms with Crippen LogP contribution in [0.25, 0.3) is 0 Å². The minimum Gasteiger partial charge on any atom is -0.495 e. The highest BCUT2D eigenvalue weighted by Crippen LogP contribution is 2.28. The first-order chi connectivity index (χ1) is 13.5. The van der Waals surface area contributed by atoms with Crippen molar-refractivity contribution in [2.75, 3.05) is 19.0 Å². The van der Waals surface area contributed by atoms with Crippen LogP contribution in [0.4, 0.5) is 11.4 Å². The number of para-hydroxylation sites is 1. The van der Waals surface area contributed by atoms with E-state index in [9.17, 15) is 14.9 Å². The average molecular weight is 403 g/mol. The van der Waals surface area contributed by atoms with Gasteiger partial charge < -0.3 is 14.8 Å². The van der Waals surface area contributed by atoms with Crippen molar-refractivity contribution < 1.29 is 19.2 Å². The molecule has 0 atom stereocenters. The molecule has 0 heterocycles. The van der Waals surface area contributed by atoms with Crippen molar-refractivity contribution in [1.29, 1.82) is 0 Å². The van der Waals surface area contributed by atoms with Gasteiger partial charge in [-0.15, -0.1) is 0 Å². The minimum atomic E-state index is -0.532. The summed E-state index contributed by atoms with van der Waals surface area (Å²) in [4.78, 5) is 23.0. The number of methoxy groups -OCH3 is 1. The molecule has 0 fully saturated rings. The van der Waals surface area contributed by atoms with E-state index < -0.39 is 10.8 Å². The molecular formula is C19H21N3O5S. The molecule has 9 heteroatoms. The number of benzene rings is 2. The molecule has 0 aliphatic heterocycles. The number of rotatable bonds is 8. The smallest absolute Gasteiger partial charge is 0.271 e. The van der Waals surface area contributed by atoms with Gasteiger partial charge in [-0.2, -0.15) is 0 Å². The Balaban J connectivity index is 2.11. The summed E-state index contributed by atoms with van der Waals surface area (Å²) in [5.41, 5.74) is 0.482. The molecule has 0 saturated carbocycles. The van der Waals surface area contributed by atoms with Gasteiger partial charge in [-0.3, -0.25) is 20.2 Å². The molecule has 0 saturated heterocycles. The molecule has 148 valence electrons. The molecule has 0 aliphatic carbocycles. The number of amides is 1. The predicted octanol–water partition coefficient (Wildman–Crippen LogP) is 3.91. The second-order valence-electron chi connectivity index (χ2n) is 5.75. The number of thiocarbonyl (C=S) groups is 1. The van der Waals surface area contributed by atoms with Gasteiger partial charge in [-0.1, -0.05) is 25.5 Å². The number of hydrogen-bond donors (Lipinski definition) is 2. The fraction of sp³-hybridized carbons (Fsp3) is 0.263. The van der Waals surface area contributed by atoms with Crippen molar-refractivity contribution in [3.8, 4) is 11.5 Å². The number of anilines is 1. The van der Waals surface area contributed by atoms with Crippen LogP contribution in [0, 0.1) is 10.1 Å². The molecular weight excluding hydrogens is 382 g/mol. The number of ether oxygens (including phenoxy) is 2. The molecule has 8 nitrogen and oxygen atoms in total. The van der Waals surface area contributed by atoms with E-state index in [1.807, 2.05) is 6.92 Å². The van der Waals surface area contributed by atoms with Crippen LogP contribution in [-0.4, -0.2) is 29.7 Å². The molecule has 2 N–H and O–H groups in total. The highest BCUT2D eigenvalue weighted by Gasteiger charge is 2.16. The summed E-state index contributed by atoms with van der Waals surface area (Å²) >= 11 is 5.17. The molecule has 1 amide bonds. The van der Waals surface area contributed by atoms with Gasteiger partial charge in [0.1, 0.15) is 11.5 Å². The zero-order chi connectivity index (χ0) is 20.5. The van der Waals surface area contributed by atoms with E-state index in [0.29, 0.717) is 23.7 Å². The van der Waals surface area contributed by atoms with Crippen molar-refractivity contribution >= 4 is 34.6 Å². The summed E-state index contributed by atoms with van der Waals surface area (Å²) in [5, 5.41) is 16.3. The van der Waals surface area contributed by atoms with Gasteiger partial charge in [0.2, 0.25) is 0 Å². The molecule has 2 aromatic rings. The highest BCUT2D eigenvalue weighted by molar-refractivity contribution is 7.80. The number of nitrogens with one attached hydrogen (secondary N) is 2. The Morgan fingerprint density at radius 3 is 2.64 bits per heavy atom. The van der Waals surface area contributed by atoms with Crippen LogP contribution in [0.5, 0.6) is 11.5 Å². The van der Waals surface area contributed by atoms with Crippen LogP contribution in [0.15, 0.2) is 42.5 Å². The largest absolute Gasteiger partial charge is 0.495 e. The molecule has 0 aromatic heterocycles. The summed E-state index contributed by atoms with van der Waals surface area (Å²) in [7, 11) is 1.43. The third kappa shape index (κ3) is 5.65. The molecule has 2 aromatic carbocycles. The first-order valence-electron chi connectivity index (χ1n) is 8.62. The van der Waals surface area contributed by atoms with E-state index in [0.717, 1.165) is 12.8 Å². The molecule has 0 radical (unpaired) electrons. The summed E-state index contributed by atoms with van der Waals surface area (Å²) in [6.45, 7) is 2.56. The number of non-ortho nitro benzene ring substituents is 1. The Hall–Kier alpha value is -3.20. The van der Waals surface area contributed by atoms with Crippen LogP contribution in [0.2, 0.25) is 0 Å². The molecule has 0 spiro atoms. The van der Waals surface area contributed by atoms with Crippen LogP contribution in [0.3, 0.4) is 0 Å². The van der Waals surface area contributed by atoms with Crippen molar-refractivity contribution in [3.05, 3.63) is 58.1 Å². The third-order valence-corrected chi connectivity index (χ3v) is 3.96. The van der Waals surface area contributed by atoms with E-state index >= 15 is 0 Å². The average Bonchev–Trinajstić information content (AvgIpc) is 2.68. The van der Waals surface area contributed by atoms with Crippen LogP contribution in [-0.2, 0) is 0 Å². The first kappa shape index (κ1) is 21.1. The van der Waals surface area contributed by atoms with Crippen LogP contribution in [0.1, 0.15) is 30.1 Å². The Kier molecular flexibility index (Phi) is 7.70. The summed E-state index contributed by atoms with van der Waals surface area (Å²) in [5.74, 6) is 0.365. The van der Waals surface area contributed by atoms with Crippen molar-refractivity contribution in [2.24, 2.45) is 0 Å². The molecule has 2 rings (SSSR count). The van der Waals surface area contributed by atoms with Gasteiger partial charge in [0, 0.05) is 12.1 Å². The van der Waals surface area contributed by atoms with Gasteiger partial charge in [0.25, 0.3) is 11.6 Å². The SMILES string of the molecule is CCCCOc1ccccc1C(=O)NC(=S)Nc1cc([N+](=O)[O-])ccc1OC. The standard InChI is InChI=1S/C19H21N3O5S/c1-3-4-11-27-16-8-6-5-7-14(16)18(23)21-19(28)20-15-12-13(22(24)25)9-10-17(15)26-2/h5-10,12H,3-4,11H2,1-2H3,(H2,20,21,23,28). The molecule has 0 aliphatic rings. The fourth-order valence-corrected chi connectivity index (χ4v) is 2.54. The van der Waals surface area contributed by atoms with Crippen molar-refractivity contribution in [2.45, 2.75) is 19.8 Å². The van der Waals surface area contributed by atoms with Gasteiger partial charge >= 0.3 is 0 Å². The van der Waals surface area contributed by atoms with Crippen LogP contribution >= 0.6 is 12.2 Å². The predicted molar refractivity (Wildman–Crippen MR) is 110 cm³/mol. The highest BCUT2D eigenvalue weighted by atomic mass is 32.1. The Morgan fingerprint density at radius 1 is 1.21 bits per heavy atom. The number of carbonyl (C=O) groups is 1. The van der Waals surface area contributed by atoms with E-state index in [1.165, 1.54) is 25.3 Å². The zero-order valence-corrected chi connectivity index (χ0v) is 16.4. The maximum Gasteiger partial charge on any atom is 0.271 e. The third-order valence-electron chi connectivity index (χ3n) is 3.76. The monoisotopic (exact) mass is 403 g/mol. The number of carbonyl (C=O) groups excluding carboxylic acids is 1. The van der Waals surface area contributed by atoms with E-state index in [-0.39, 0.29) is 16.5 Å². The Bertz CT molecular complexity index is 872. The van der Waals surface area contributed by atoms with Gasteiger partial charge in [-0.25, -0.2) is 0 Å². The second-order valence-corrected chi connectivity index (χ2v) is 6.16. The zero-order valence-electron chi connectivity index (χ0n) is 15.6. The fourth-order valence-electron chi connectivity index (χ4n) is 2.34. The van der Waals surface area contributed by atoms with E-state index in [2.05, 4.69) is 10.6 Å². The number of nitro benzene ring substituents is 1. The number of nitrogens with zero attached hydrogens (tertiary/aromatic N) is 1. The quantitative estimate of drug-likeness (QED) is 0.298. The van der Waals surface area contributed by atoms with Gasteiger partial charge in [0.05, 0.1) is 29.9 Å². The maximum atomic E-state index is 12.6. The lowest BCUT2D eigenvalue weighted by molar-refractivity contribution is -0.384. The van der Waals surface area contributed by atoms with E-state index in [4.69, 9.17) is 21.7 Å². The lowest BCUT2D eigenvalue weighted by Crippen LogP contribution is -2.34.